The van der Waals surface area contributed by atoms with Gasteiger partial charge in [0, 0.05) is 5.02 Å². The zero-order valence-corrected chi connectivity index (χ0v) is 9.34. The largest absolute Gasteiger partial charge is 0.367 e. The predicted octanol–water partition coefficient (Wildman–Crippen LogP) is 3.34. The van der Waals surface area contributed by atoms with Crippen LogP contribution in [0.5, 0.6) is 0 Å². The zero-order valence-electron chi connectivity index (χ0n) is 7.00. The van der Waals surface area contributed by atoms with Crippen LogP contribution in [0.2, 0.25) is 5.02 Å². The molecule has 0 saturated heterocycles. The first-order valence-corrected chi connectivity index (χ1v) is 5.02. The summed E-state index contributed by atoms with van der Waals surface area (Å²) >= 11 is 9.03. The number of rotatable bonds is 1. The van der Waals surface area contributed by atoms with Gasteiger partial charge in [0.25, 0.3) is 0 Å². The number of hydrogen-bond donors (Lipinski definition) is 1. The van der Waals surface area contributed by atoms with Crippen molar-refractivity contribution in [1.29, 1.82) is 0 Å². The maximum absolute atomic E-state index is 5.77. The maximum atomic E-state index is 5.77. The number of nitrogens with zero attached hydrogens (tertiary/aromatic N) is 1. The average molecular weight is 274 g/mol. The van der Waals surface area contributed by atoms with Crippen LogP contribution in [0.15, 0.2) is 33.4 Å². The topological polar surface area (TPSA) is 52.0 Å². The molecule has 0 fully saturated rings. The monoisotopic (exact) mass is 272 g/mol. The van der Waals surface area contributed by atoms with Crippen molar-refractivity contribution in [2.24, 2.45) is 0 Å². The molecule has 0 aliphatic carbocycles. The molecule has 1 aromatic carbocycles. The molecule has 1 aromatic heterocycles. The van der Waals surface area contributed by atoms with E-state index in [9.17, 15) is 0 Å². The van der Waals surface area contributed by atoms with Gasteiger partial charge in [-0.2, -0.15) is 0 Å². The van der Waals surface area contributed by atoms with Gasteiger partial charge < -0.3 is 10.3 Å². The molecule has 0 atom stereocenters. The fourth-order valence-corrected chi connectivity index (χ4v) is 1.78. The first-order chi connectivity index (χ1) is 6.68. The third kappa shape index (κ3) is 1.63. The average Bonchev–Trinajstić information content (AvgIpc) is 2.49. The van der Waals surface area contributed by atoms with Crippen LogP contribution in [-0.4, -0.2) is 5.16 Å². The minimum atomic E-state index is 0.291. The van der Waals surface area contributed by atoms with Gasteiger partial charge in [-0.1, -0.05) is 28.9 Å². The van der Waals surface area contributed by atoms with Crippen LogP contribution >= 0.6 is 27.5 Å². The Morgan fingerprint density at radius 1 is 1.29 bits per heavy atom. The lowest BCUT2D eigenvalue weighted by molar-refractivity contribution is 0.432. The highest BCUT2D eigenvalue weighted by Gasteiger charge is 2.12. The summed E-state index contributed by atoms with van der Waals surface area (Å²) in [5, 5.41) is 4.38. The van der Waals surface area contributed by atoms with E-state index in [1.165, 1.54) is 0 Å². The second-order valence-electron chi connectivity index (χ2n) is 2.72. The van der Waals surface area contributed by atoms with Crippen LogP contribution in [-0.2, 0) is 0 Å². The molecule has 1 heterocycles. The number of hydrogen-bond acceptors (Lipinski definition) is 3. The lowest BCUT2D eigenvalue weighted by Gasteiger charge is -1.98. The Hall–Kier alpha value is -1.00. The molecule has 2 N–H and O–H groups in total. The molecule has 0 spiro atoms. The minimum Gasteiger partial charge on any atom is -0.367 e. The zero-order chi connectivity index (χ0) is 10.1. The molecule has 0 unspecified atom stereocenters. The number of anilines is 1. The van der Waals surface area contributed by atoms with Crippen LogP contribution < -0.4 is 5.73 Å². The standard InChI is InChI=1S/C9H6BrClN2O/c10-8-7(9(12)14-13-8)5-1-3-6(11)4-2-5/h1-4H,12H2. The van der Waals surface area contributed by atoms with Gasteiger partial charge in [0.05, 0.1) is 5.56 Å². The Balaban J connectivity index is 2.54. The summed E-state index contributed by atoms with van der Waals surface area (Å²) in [7, 11) is 0. The molecule has 2 rings (SSSR count). The number of aromatic nitrogens is 1. The third-order valence-electron chi connectivity index (χ3n) is 1.81. The second-order valence-corrected chi connectivity index (χ2v) is 3.91. The molecule has 0 amide bonds. The molecule has 0 radical (unpaired) electrons. The van der Waals surface area contributed by atoms with Gasteiger partial charge in [-0.05, 0) is 33.6 Å². The number of halogens is 2. The summed E-state index contributed by atoms with van der Waals surface area (Å²) in [5.74, 6) is 0.291. The van der Waals surface area contributed by atoms with Crippen LogP contribution in [0.1, 0.15) is 0 Å². The van der Waals surface area contributed by atoms with E-state index in [1.807, 2.05) is 12.1 Å². The molecule has 72 valence electrons. The second kappa shape index (κ2) is 3.63. The summed E-state index contributed by atoms with van der Waals surface area (Å²) < 4.78 is 5.42. The van der Waals surface area contributed by atoms with Crippen LogP contribution in [0.4, 0.5) is 5.88 Å². The van der Waals surface area contributed by atoms with Crippen molar-refractivity contribution in [1.82, 2.24) is 5.16 Å². The van der Waals surface area contributed by atoms with Crippen LogP contribution in [0.3, 0.4) is 0 Å². The quantitative estimate of drug-likeness (QED) is 0.867. The predicted molar refractivity (Wildman–Crippen MR) is 59.1 cm³/mol. The highest BCUT2D eigenvalue weighted by atomic mass is 79.9. The van der Waals surface area contributed by atoms with Gasteiger partial charge in [-0.25, -0.2) is 0 Å². The summed E-state index contributed by atoms with van der Waals surface area (Å²) in [6.07, 6.45) is 0. The molecule has 3 nitrogen and oxygen atoms in total. The molecule has 14 heavy (non-hydrogen) atoms. The number of benzene rings is 1. The minimum absolute atomic E-state index is 0.291. The summed E-state index contributed by atoms with van der Waals surface area (Å²) in [4.78, 5) is 0. The summed E-state index contributed by atoms with van der Waals surface area (Å²) in [6, 6.07) is 7.29. The van der Waals surface area contributed by atoms with Gasteiger partial charge in [-0.3, -0.25) is 0 Å². The summed E-state index contributed by atoms with van der Waals surface area (Å²) in [5.41, 5.74) is 7.29. The van der Waals surface area contributed by atoms with E-state index < -0.39 is 0 Å². The van der Waals surface area contributed by atoms with Crippen molar-refractivity contribution in [3.05, 3.63) is 33.9 Å². The van der Waals surface area contributed by atoms with Gasteiger partial charge in [0.15, 0.2) is 4.60 Å². The smallest absolute Gasteiger partial charge is 0.231 e. The van der Waals surface area contributed by atoms with E-state index in [0.717, 1.165) is 11.1 Å². The van der Waals surface area contributed by atoms with Crippen LogP contribution in [0.25, 0.3) is 11.1 Å². The highest BCUT2D eigenvalue weighted by molar-refractivity contribution is 9.10. The van der Waals surface area contributed by atoms with Crippen molar-refractivity contribution < 1.29 is 4.52 Å². The van der Waals surface area contributed by atoms with Crippen molar-refractivity contribution in [3.63, 3.8) is 0 Å². The number of nitrogen functional groups attached to an aromatic ring is 1. The molecular formula is C9H6BrClN2O. The fourth-order valence-electron chi connectivity index (χ4n) is 1.16. The highest BCUT2D eigenvalue weighted by Crippen LogP contribution is 2.33. The first-order valence-electron chi connectivity index (χ1n) is 3.85. The normalized spacial score (nSPS) is 10.4. The maximum Gasteiger partial charge on any atom is 0.231 e. The fraction of sp³-hybridized carbons (Fsp3) is 0. The summed E-state index contributed by atoms with van der Waals surface area (Å²) in [6.45, 7) is 0. The Morgan fingerprint density at radius 2 is 1.93 bits per heavy atom. The van der Waals surface area contributed by atoms with E-state index in [1.54, 1.807) is 12.1 Å². The Bertz CT molecular complexity index is 433. The lowest BCUT2D eigenvalue weighted by atomic mass is 10.1. The number of nitrogens with two attached hydrogens (primary N) is 1. The molecule has 2 aromatic rings. The van der Waals surface area contributed by atoms with E-state index in [0.29, 0.717) is 15.5 Å². The van der Waals surface area contributed by atoms with Gasteiger partial charge in [0.2, 0.25) is 5.88 Å². The third-order valence-corrected chi connectivity index (χ3v) is 2.60. The van der Waals surface area contributed by atoms with Gasteiger partial charge in [0.1, 0.15) is 0 Å². The van der Waals surface area contributed by atoms with Crippen molar-refractivity contribution in [2.75, 3.05) is 5.73 Å². The van der Waals surface area contributed by atoms with Crippen molar-refractivity contribution in [3.8, 4) is 11.1 Å². The Morgan fingerprint density at radius 3 is 2.43 bits per heavy atom. The van der Waals surface area contributed by atoms with E-state index in [-0.39, 0.29) is 0 Å². The lowest BCUT2D eigenvalue weighted by Crippen LogP contribution is -1.84. The molecule has 0 aliphatic heterocycles. The van der Waals surface area contributed by atoms with E-state index in [4.69, 9.17) is 21.9 Å². The SMILES string of the molecule is Nc1onc(Br)c1-c1ccc(Cl)cc1. The molecular weight excluding hydrogens is 267 g/mol. The van der Waals surface area contributed by atoms with Gasteiger partial charge >= 0.3 is 0 Å². The van der Waals surface area contributed by atoms with Crippen LogP contribution in [0, 0.1) is 0 Å². The first kappa shape index (κ1) is 9.55. The van der Waals surface area contributed by atoms with Crippen molar-refractivity contribution >= 4 is 33.4 Å². The van der Waals surface area contributed by atoms with E-state index in [2.05, 4.69) is 21.1 Å². The Labute approximate surface area is 94.0 Å². The van der Waals surface area contributed by atoms with Crippen molar-refractivity contribution in [2.45, 2.75) is 0 Å². The van der Waals surface area contributed by atoms with E-state index >= 15 is 0 Å². The molecule has 0 aliphatic rings. The Kier molecular flexibility index (Phi) is 2.48. The molecule has 5 heteroatoms. The molecule has 0 bridgehead atoms. The van der Waals surface area contributed by atoms with Gasteiger partial charge in [-0.15, -0.1) is 0 Å². The molecule has 0 saturated carbocycles.